The van der Waals surface area contributed by atoms with Crippen molar-refractivity contribution < 1.29 is 0 Å². The number of fused-ring (bicyclic) bond motifs is 1. The van der Waals surface area contributed by atoms with Gasteiger partial charge in [-0.05, 0) is 24.3 Å². The standard InChI is InChI=1S/C11H9BrN6/c12-8-1-2-9-10(5-8)18(17-15-9)6-7-3-4-14-16-11(7)13/h1-5H,6H2,(H2,13,16). The number of halogens is 1. The molecular weight excluding hydrogens is 296 g/mol. The Morgan fingerprint density at radius 1 is 1.22 bits per heavy atom. The van der Waals surface area contributed by atoms with Crippen LogP contribution >= 0.6 is 15.9 Å². The van der Waals surface area contributed by atoms with Crippen LogP contribution in [0.15, 0.2) is 34.9 Å². The molecule has 1 aromatic carbocycles. The maximum absolute atomic E-state index is 5.77. The zero-order valence-electron chi connectivity index (χ0n) is 9.29. The van der Waals surface area contributed by atoms with E-state index in [4.69, 9.17) is 5.73 Å². The number of aromatic nitrogens is 5. The molecule has 6 nitrogen and oxygen atoms in total. The van der Waals surface area contributed by atoms with E-state index in [1.807, 2.05) is 24.3 Å². The van der Waals surface area contributed by atoms with Crippen LogP contribution in [-0.2, 0) is 6.54 Å². The van der Waals surface area contributed by atoms with Gasteiger partial charge < -0.3 is 5.73 Å². The maximum atomic E-state index is 5.77. The van der Waals surface area contributed by atoms with Crippen LogP contribution in [0.1, 0.15) is 5.56 Å². The number of hydrogen-bond acceptors (Lipinski definition) is 5. The molecule has 0 saturated heterocycles. The Morgan fingerprint density at radius 2 is 2.11 bits per heavy atom. The van der Waals surface area contributed by atoms with Crippen LogP contribution in [0.5, 0.6) is 0 Å². The third kappa shape index (κ3) is 1.92. The predicted molar refractivity (Wildman–Crippen MR) is 70.8 cm³/mol. The number of nitrogens with two attached hydrogens (primary N) is 1. The Hall–Kier alpha value is -2.02. The smallest absolute Gasteiger partial charge is 0.151 e. The van der Waals surface area contributed by atoms with Crippen LogP contribution in [0, 0.1) is 0 Å². The molecule has 0 unspecified atom stereocenters. The molecule has 0 fully saturated rings. The molecule has 2 N–H and O–H groups in total. The topological polar surface area (TPSA) is 82.5 Å². The number of nitrogens with zero attached hydrogens (tertiary/aromatic N) is 5. The average Bonchev–Trinajstić information content (AvgIpc) is 2.75. The Balaban J connectivity index is 2.05. The second kappa shape index (κ2) is 4.34. The number of nitrogen functional groups attached to an aromatic ring is 1. The first-order valence-corrected chi connectivity index (χ1v) is 6.08. The molecule has 0 amide bonds. The summed E-state index contributed by atoms with van der Waals surface area (Å²) in [4.78, 5) is 0. The summed E-state index contributed by atoms with van der Waals surface area (Å²) in [6.45, 7) is 0.522. The summed E-state index contributed by atoms with van der Waals surface area (Å²) in [5.74, 6) is 0.413. The molecule has 0 atom stereocenters. The fourth-order valence-corrected chi connectivity index (χ4v) is 2.07. The molecule has 18 heavy (non-hydrogen) atoms. The summed E-state index contributed by atoms with van der Waals surface area (Å²) in [5, 5.41) is 15.8. The first kappa shape index (κ1) is 11.1. The fourth-order valence-electron chi connectivity index (χ4n) is 1.72. The molecule has 0 aliphatic heterocycles. The highest BCUT2D eigenvalue weighted by atomic mass is 79.9. The molecule has 0 radical (unpaired) electrons. The summed E-state index contributed by atoms with van der Waals surface area (Å²) >= 11 is 3.44. The van der Waals surface area contributed by atoms with E-state index in [9.17, 15) is 0 Å². The molecule has 0 aliphatic rings. The van der Waals surface area contributed by atoms with Gasteiger partial charge in [0, 0.05) is 10.0 Å². The van der Waals surface area contributed by atoms with Gasteiger partial charge in [0.25, 0.3) is 0 Å². The van der Waals surface area contributed by atoms with Crippen molar-refractivity contribution in [3.63, 3.8) is 0 Å². The fraction of sp³-hybridized carbons (Fsp3) is 0.0909. The van der Waals surface area contributed by atoms with E-state index in [-0.39, 0.29) is 0 Å². The largest absolute Gasteiger partial charge is 0.382 e. The monoisotopic (exact) mass is 304 g/mol. The van der Waals surface area contributed by atoms with Gasteiger partial charge in [-0.3, -0.25) is 0 Å². The van der Waals surface area contributed by atoms with E-state index < -0.39 is 0 Å². The Morgan fingerprint density at radius 3 is 2.94 bits per heavy atom. The van der Waals surface area contributed by atoms with Gasteiger partial charge in [0.1, 0.15) is 5.52 Å². The molecule has 7 heteroatoms. The van der Waals surface area contributed by atoms with Crippen molar-refractivity contribution in [3.05, 3.63) is 40.5 Å². The molecule has 0 bridgehead atoms. The lowest BCUT2D eigenvalue weighted by Gasteiger charge is -2.04. The minimum Gasteiger partial charge on any atom is -0.382 e. The van der Waals surface area contributed by atoms with Crippen molar-refractivity contribution in [2.45, 2.75) is 6.54 Å². The summed E-state index contributed by atoms with van der Waals surface area (Å²) < 4.78 is 2.77. The van der Waals surface area contributed by atoms with Crippen LogP contribution in [0.2, 0.25) is 0 Å². The van der Waals surface area contributed by atoms with Gasteiger partial charge in [-0.1, -0.05) is 21.1 Å². The molecule has 3 aromatic rings. The second-order valence-corrected chi connectivity index (χ2v) is 4.74. The first-order valence-electron chi connectivity index (χ1n) is 5.29. The number of hydrogen-bond donors (Lipinski definition) is 1. The van der Waals surface area contributed by atoms with Gasteiger partial charge in [-0.2, -0.15) is 5.10 Å². The van der Waals surface area contributed by atoms with Crippen molar-refractivity contribution in [3.8, 4) is 0 Å². The summed E-state index contributed by atoms with van der Waals surface area (Å²) in [7, 11) is 0. The highest BCUT2D eigenvalue weighted by Gasteiger charge is 2.07. The van der Waals surface area contributed by atoms with E-state index >= 15 is 0 Å². The number of anilines is 1. The van der Waals surface area contributed by atoms with Gasteiger partial charge >= 0.3 is 0 Å². The van der Waals surface area contributed by atoms with Gasteiger partial charge in [0.2, 0.25) is 0 Å². The minimum absolute atomic E-state index is 0.413. The average molecular weight is 305 g/mol. The molecule has 2 aromatic heterocycles. The zero-order valence-corrected chi connectivity index (χ0v) is 10.9. The molecule has 3 rings (SSSR count). The van der Waals surface area contributed by atoms with Gasteiger partial charge in [0.15, 0.2) is 5.82 Å². The van der Waals surface area contributed by atoms with Crippen molar-refractivity contribution in [1.29, 1.82) is 0 Å². The van der Waals surface area contributed by atoms with Gasteiger partial charge in [0.05, 0.1) is 18.3 Å². The van der Waals surface area contributed by atoms with E-state index in [2.05, 4.69) is 36.4 Å². The van der Waals surface area contributed by atoms with Crippen molar-refractivity contribution in [1.82, 2.24) is 25.2 Å². The molecule has 0 aliphatic carbocycles. The minimum atomic E-state index is 0.413. The van der Waals surface area contributed by atoms with Crippen LogP contribution in [-0.4, -0.2) is 25.2 Å². The molecular formula is C11H9BrN6. The number of benzene rings is 1. The second-order valence-electron chi connectivity index (χ2n) is 3.82. The van der Waals surface area contributed by atoms with Crippen LogP contribution < -0.4 is 5.73 Å². The highest BCUT2D eigenvalue weighted by Crippen LogP contribution is 2.19. The summed E-state index contributed by atoms with van der Waals surface area (Å²) in [6.07, 6.45) is 1.61. The molecule has 90 valence electrons. The SMILES string of the molecule is Nc1nnccc1Cn1nnc2ccc(Br)cc21. The predicted octanol–water partition coefficient (Wildman–Crippen LogP) is 1.61. The van der Waals surface area contributed by atoms with Crippen LogP contribution in [0.25, 0.3) is 11.0 Å². The lowest BCUT2D eigenvalue weighted by molar-refractivity contribution is 0.668. The van der Waals surface area contributed by atoms with E-state index in [1.165, 1.54) is 0 Å². The van der Waals surface area contributed by atoms with Crippen molar-refractivity contribution >= 4 is 32.8 Å². The zero-order chi connectivity index (χ0) is 12.5. The third-order valence-electron chi connectivity index (χ3n) is 2.63. The van der Waals surface area contributed by atoms with Crippen LogP contribution in [0.3, 0.4) is 0 Å². The van der Waals surface area contributed by atoms with Gasteiger partial charge in [-0.15, -0.1) is 10.2 Å². The normalized spacial score (nSPS) is 10.9. The van der Waals surface area contributed by atoms with E-state index in [0.717, 1.165) is 21.1 Å². The molecule has 2 heterocycles. The highest BCUT2D eigenvalue weighted by molar-refractivity contribution is 9.10. The lowest BCUT2D eigenvalue weighted by Crippen LogP contribution is -2.06. The van der Waals surface area contributed by atoms with E-state index in [0.29, 0.717) is 12.4 Å². The van der Waals surface area contributed by atoms with Crippen LogP contribution in [0.4, 0.5) is 5.82 Å². The van der Waals surface area contributed by atoms with E-state index in [1.54, 1.807) is 10.9 Å². The first-order chi connectivity index (χ1) is 8.74. The Labute approximate surface area is 111 Å². The molecule has 0 spiro atoms. The summed E-state index contributed by atoms with van der Waals surface area (Å²) in [6, 6.07) is 7.65. The Bertz CT molecular complexity index is 708. The molecule has 0 saturated carbocycles. The maximum Gasteiger partial charge on any atom is 0.151 e. The number of rotatable bonds is 2. The lowest BCUT2D eigenvalue weighted by atomic mass is 10.2. The summed E-state index contributed by atoms with van der Waals surface area (Å²) in [5.41, 5.74) is 8.43. The van der Waals surface area contributed by atoms with Crippen molar-refractivity contribution in [2.24, 2.45) is 0 Å². The quantitative estimate of drug-likeness (QED) is 0.778. The Kier molecular flexibility index (Phi) is 2.67. The third-order valence-corrected chi connectivity index (χ3v) is 3.13. The van der Waals surface area contributed by atoms with Gasteiger partial charge in [-0.25, -0.2) is 4.68 Å². The van der Waals surface area contributed by atoms with Crippen molar-refractivity contribution in [2.75, 3.05) is 5.73 Å².